The summed E-state index contributed by atoms with van der Waals surface area (Å²) in [5, 5.41) is -0.0291. The molecule has 0 bridgehead atoms. The maximum absolute atomic E-state index is 15.1. The molecule has 17 nitrogen and oxygen atoms in total. The first-order valence-corrected chi connectivity index (χ1v) is 20.2. The van der Waals surface area contributed by atoms with Crippen LogP contribution in [-0.4, -0.2) is 82.4 Å². The standard InChI is InChI=1S/C43H38Cl2N8O9/c1-5-57-39-35(46-29-23-33(44)61-37(29)48-39)52(41(54)51-18-16-50(17-19-51)27-21-25(3)20-26(4)22-27)31-14-10-11-15-32(31)60-43(56)53(42(55)59-28-12-8-7-9-13-28)36-40(58-6-2)49-38-30(47-36)24-34(45)62-38/h7-15,20-24H,5-6,16-19H2,1-4H3. The molecule has 19 heteroatoms. The van der Waals surface area contributed by atoms with Crippen LogP contribution in [0.25, 0.3) is 22.5 Å². The maximum Gasteiger partial charge on any atom is 0.431 e. The summed E-state index contributed by atoms with van der Waals surface area (Å²) in [6.07, 6.45) is -2.52. The number of fused-ring (bicyclic) bond motifs is 2. The van der Waals surface area contributed by atoms with Gasteiger partial charge in [0.15, 0.2) is 16.2 Å². The lowest BCUT2D eigenvalue weighted by molar-refractivity contribution is 0.189. The second kappa shape index (κ2) is 17.9. The molecule has 1 aliphatic rings. The molecule has 4 aromatic heterocycles. The van der Waals surface area contributed by atoms with E-state index in [1.165, 1.54) is 35.2 Å². The fraction of sp³-hybridized carbons (Fsp3) is 0.233. The minimum Gasteiger partial charge on any atom is -0.475 e. The lowest BCUT2D eigenvalue weighted by Gasteiger charge is -2.38. The number of furan rings is 2. The van der Waals surface area contributed by atoms with Crippen molar-refractivity contribution in [2.75, 3.05) is 54.1 Å². The van der Waals surface area contributed by atoms with Gasteiger partial charge in [0.2, 0.25) is 23.1 Å². The Morgan fingerprint density at radius 1 is 0.677 bits per heavy atom. The zero-order valence-electron chi connectivity index (χ0n) is 33.8. The number of carbonyl (C=O) groups excluding carboxylic acids is 3. The second-order valence-corrected chi connectivity index (χ2v) is 14.6. The topological polar surface area (TPSA) is 179 Å². The summed E-state index contributed by atoms with van der Waals surface area (Å²) >= 11 is 12.3. The molecule has 0 saturated carbocycles. The third kappa shape index (κ3) is 8.71. The highest BCUT2D eigenvalue weighted by atomic mass is 35.5. The van der Waals surface area contributed by atoms with Crippen LogP contribution in [0.4, 0.5) is 37.4 Å². The first kappa shape index (κ1) is 41.6. The number of imide groups is 1. The molecule has 0 unspecified atom stereocenters. The monoisotopic (exact) mass is 880 g/mol. The molecule has 4 amide bonds. The van der Waals surface area contributed by atoms with Crippen molar-refractivity contribution in [3.05, 3.63) is 106 Å². The molecule has 8 rings (SSSR count). The van der Waals surface area contributed by atoms with E-state index in [-0.39, 0.29) is 86.7 Å². The summed E-state index contributed by atoms with van der Waals surface area (Å²) in [7, 11) is 0. The first-order chi connectivity index (χ1) is 30.0. The number of benzene rings is 3. The van der Waals surface area contributed by atoms with Crippen molar-refractivity contribution in [2.45, 2.75) is 27.7 Å². The number of amides is 4. The normalized spacial score (nSPS) is 12.7. The van der Waals surface area contributed by atoms with Crippen molar-refractivity contribution in [2.24, 2.45) is 0 Å². The highest BCUT2D eigenvalue weighted by molar-refractivity contribution is 6.30. The van der Waals surface area contributed by atoms with E-state index >= 15 is 4.79 Å². The number of piperazine rings is 1. The van der Waals surface area contributed by atoms with E-state index in [4.69, 9.17) is 56.0 Å². The molecule has 0 aliphatic carbocycles. The van der Waals surface area contributed by atoms with Crippen LogP contribution in [0.5, 0.6) is 23.3 Å². The Morgan fingerprint density at radius 2 is 1.23 bits per heavy atom. The van der Waals surface area contributed by atoms with Crippen molar-refractivity contribution < 1.29 is 42.2 Å². The average Bonchev–Trinajstić information content (AvgIpc) is 3.81. The number of anilines is 4. The molecule has 62 heavy (non-hydrogen) atoms. The lowest BCUT2D eigenvalue weighted by Crippen LogP contribution is -2.52. The van der Waals surface area contributed by atoms with E-state index in [1.54, 1.807) is 55.1 Å². The van der Waals surface area contributed by atoms with Crippen LogP contribution in [0, 0.1) is 13.8 Å². The Bertz CT molecular complexity index is 2770. The fourth-order valence-electron chi connectivity index (χ4n) is 6.86. The minimum absolute atomic E-state index is 0.0108. The summed E-state index contributed by atoms with van der Waals surface area (Å²) in [6, 6.07) is 22.9. The third-order valence-corrected chi connectivity index (χ3v) is 9.86. The molecule has 5 heterocycles. The molecule has 1 fully saturated rings. The number of aryl methyl sites for hydroxylation is 2. The van der Waals surface area contributed by atoms with Gasteiger partial charge in [-0.05, 0) is 98.4 Å². The number of nitrogens with zero attached hydrogens (tertiary/aromatic N) is 8. The fourth-order valence-corrected chi connectivity index (χ4v) is 7.22. The van der Waals surface area contributed by atoms with E-state index in [2.05, 4.69) is 38.1 Å². The molecular weight excluding hydrogens is 843 g/mol. The van der Waals surface area contributed by atoms with Crippen molar-refractivity contribution >= 4 is 86.9 Å². The van der Waals surface area contributed by atoms with Gasteiger partial charge in [-0.3, -0.25) is 0 Å². The highest BCUT2D eigenvalue weighted by Gasteiger charge is 2.37. The molecular formula is C43H38Cl2N8O9. The number of rotatable bonds is 10. The zero-order chi connectivity index (χ0) is 43.5. The summed E-state index contributed by atoms with van der Waals surface area (Å²) in [5.74, 6) is -0.825. The van der Waals surface area contributed by atoms with Crippen LogP contribution in [0.3, 0.4) is 0 Å². The Balaban J connectivity index is 1.20. The predicted molar refractivity (Wildman–Crippen MR) is 231 cm³/mol. The van der Waals surface area contributed by atoms with Crippen LogP contribution in [0.2, 0.25) is 10.4 Å². The Morgan fingerprint density at radius 3 is 1.84 bits per heavy atom. The number of para-hydroxylation sites is 3. The summed E-state index contributed by atoms with van der Waals surface area (Å²) < 4.78 is 34.4. The van der Waals surface area contributed by atoms with E-state index in [0.29, 0.717) is 31.1 Å². The molecule has 3 aromatic carbocycles. The summed E-state index contributed by atoms with van der Waals surface area (Å²) in [4.78, 5) is 67.5. The number of hydrogen-bond donors (Lipinski definition) is 0. The largest absolute Gasteiger partial charge is 0.475 e. The molecule has 7 aromatic rings. The smallest absolute Gasteiger partial charge is 0.431 e. The number of carbonyl (C=O) groups is 3. The number of halogens is 2. The van der Waals surface area contributed by atoms with Gasteiger partial charge in [-0.25, -0.2) is 29.3 Å². The molecule has 1 saturated heterocycles. The van der Waals surface area contributed by atoms with Crippen LogP contribution in [0.15, 0.2) is 93.8 Å². The quantitative estimate of drug-likeness (QED) is 0.127. The van der Waals surface area contributed by atoms with E-state index < -0.39 is 18.2 Å². The van der Waals surface area contributed by atoms with Gasteiger partial charge in [-0.2, -0.15) is 14.9 Å². The first-order valence-electron chi connectivity index (χ1n) is 19.5. The third-order valence-electron chi connectivity index (χ3n) is 9.48. The Kier molecular flexibility index (Phi) is 12.0. The van der Waals surface area contributed by atoms with Crippen LogP contribution >= 0.6 is 23.2 Å². The molecule has 0 radical (unpaired) electrons. The van der Waals surface area contributed by atoms with Crippen molar-refractivity contribution in [1.29, 1.82) is 0 Å². The Hall–Kier alpha value is -7.11. The maximum atomic E-state index is 15.1. The van der Waals surface area contributed by atoms with Crippen LogP contribution in [0.1, 0.15) is 25.0 Å². The average molecular weight is 882 g/mol. The minimum atomic E-state index is -1.30. The number of urea groups is 1. The lowest BCUT2D eigenvalue weighted by atomic mass is 10.1. The zero-order valence-corrected chi connectivity index (χ0v) is 35.3. The van der Waals surface area contributed by atoms with Crippen molar-refractivity contribution in [1.82, 2.24) is 24.8 Å². The van der Waals surface area contributed by atoms with Gasteiger partial charge in [0.1, 0.15) is 16.8 Å². The van der Waals surface area contributed by atoms with Gasteiger partial charge < -0.3 is 37.6 Å². The molecule has 318 valence electrons. The van der Waals surface area contributed by atoms with Gasteiger partial charge >= 0.3 is 18.2 Å². The van der Waals surface area contributed by atoms with Gasteiger partial charge in [-0.15, -0.1) is 0 Å². The highest BCUT2D eigenvalue weighted by Crippen LogP contribution is 2.40. The second-order valence-electron chi connectivity index (χ2n) is 13.8. The van der Waals surface area contributed by atoms with Crippen molar-refractivity contribution in [3.63, 3.8) is 0 Å². The molecule has 1 aliphatic heterocycles. The molecule has 0 spiro atoms. The number of aromatic nitrogens is 4. The van der Waals surface area contributed by atoms with Gasteiger partial charge in [-0.1, -0.05) is 36.4 Å². The summed E-state index contributed by atoms with van der Waals surface area (Å²) in [5.41, 5.74) is 3.75. The Labute approximate surface area is 364 Å². The van der Waals surface area contributed by atoms with E-state index in [0.717, 1.165) is 16.8 Å². The number of hydrogen-bond acceptors (Lipinski definition) is 14. The van der Waals surface area contributed by atoms with Gasteiger partial charge in [0.05, 0.1) is 18.9 Å². The van der Waals surface area contributed by atoms with Gasteiger partial charge in [0.25, 0.3) is 11.8 Å². The van der Waals surface area contributed by atoms with E-state index in [9.17, 15) is 9.59 Å². The summed E-state index contributed by atoms with van der Waals surface area (Å²) in [6.45, 7) is 9.40. The van der Waals surface area contributed by atoms with Crippen LogP contribution in [-0.2, 0) is 0 Å². The predicted octanol–water partition coefficient (Wildman–Crippen LogP) is 9.76. The SMILES string of the molecule is CCOc1nc2oc(Cl)cc2nc1N(C(=O)Oc1ccccc1)C(=O)Oc1ccccc1N(C(=O)N1CCN(c2cc(C)cc(C)c2)CC1)c1nc2cc(Cl)oc2nc1OCC. The van der Waals surface area contributed by atoms with Crippen LogP contribution < -0.4 is 33.6 Å². The number of ether oxygens (including phenoxy) is 4. The van der Waals surface area contributed by atoms with Gasteiger partial charge in [0, 0.05) is 44.0 Å². The molecule has 0 N–H and O–H groups in total. The van der Waals surface area contributed by atoms with Crippen molar-refractivity contribution in [3.8, 4) is 23.3 Å². The van der Waals surface area contributed by atoms with E-state index in [1.807, 2.05) is 13.8 Å². The molecule has 0 atom stereocenters.